The van der Waals surface area contributed by atoms with Gasteiger partial charge in [0.05, 0.1) is 22.8 Å². The molecule has 12 heteroatoms. The first kappa shape index (κ1) is 41.7. The summed E-state index contributed by atoms with van der Waals surface area (Å²) in [5.74, 6) is 0.983. The fourth-order valence-electron chi connectivity index (χ4n) is 5.73. The van der Waals surface area contributed by atoms with E-state index in [4.69, 9.17) is 24.7 Å². The van der Waals surface area contributed by atoms with Crippen molar-refractivity contribution in [2.24, 2.45) is 0 Å². The fraction of sp³-hybridized carbons (Fsp3) is 0.550. The SMILES string of the molecule is Cc1cc(N)c(OC(C)C)cc1C1=CCN(C(=O)OC(C)(C)C)CC1.Cc1cc([N+](=O)[O-])c(OC(C)C)cc1C1=CCN(C(=O)OC(C)(C)C)CC1. The maximum atomic E-state index is 12.2. The number of amides is 2. The lowest BCUT2D eigenvalue weighted by Crippen LogP contribution is -2.39. The molecule has 286 valence electrons. The second kappa shape index (κ2) is 17.2. The summed E-state index contributed by atoms with van der Waals surface area (Å²) in [7, 11) is 0. The van der Waals surface area contributed by atoms with Gasteiger partial charge in [-0.2, -0.15) is 0 Å². The van der Waals surface area contributed by atoms with E-state index >= 15 is 0 Å². The highest BCUT2D eigenvalue weighted by Gasteiger charge is 2.27. The molecule has 0 saturated heterocycles. The highest BCUT2D eigenvalue weighted by Crippen LogP contribution is 2.36. The molecule has 0 unspecified atom stereocenters. The molecular formula is C40H58N4O8. The van der Waals surface area contributed by atoms with Crippen molar-refractivity contribution in [2.45, 2.75) is 119 Å². The van der Waals surface area contributed by atoms with Gasteiger partial charge in [0, 0.05) is 32.2 Å². The highest BCUT2D eigenvalue weighted by atomic mass is 16.6. The zero-order chi connectivity index (χ0) is 39.1. The molecule has 0 aliphatic carbocycles. The number of nitro benzene ring substituents is 1. The molecule has 2 aliphatic heterocycles. The molecular weight excluding hydrogens is 664 g/mol. The Kier molecular flexibility index (Phi) is 13.8. The maximum Gasteiger partial charge on any atom is 0.410 e. The Labute approximate surface area is 309 Å². The topological polar surface area (TPSA) is 147 Å². The second-order valence-electron chi connectivity index (χ2n) is 15.7. The van der Waals surface area contributed by atoms with Crippen LogP contribution in [0.2, 0.25) is 0 Å². The van der Waals surface area contributed by atoms with Crippen molar-refractivity contribution in [3.63, 3.8) is 0 Å². The third-order valence-corrected chi connectivity index (χ3v) is 8.00. The first-order chi connectivity index (χ1) is 24.0. The Morgan fingerprint density at radius 2 is 1.13 bits per heavy atom. The number of hydrogen-bond donors (Lipinski definition) is 1. The van der Waals surface area contributed by atoms with Crippen LogP contribution < -0.4 is 15.2 Å². The zero-order valence-corrected chi connectivity index (χ0v) is 33.0. The van der Waals surface area contributed by atoms with Gasteiger partial charge in [-0.1, -0.05) is 12.2 Å². The Morgan fingerprint density at radius 3 is 1.50 bits per heavy atom. The summed E-state index contributed by atoms with van der Waals surface area (Å²) >= 11 is 0. The van der Waals surface area contributed by atoms with Crippen LogP contribution in [0.1, 0.15) is 104 Å². The van der Waals surface area contributed by atoms with Crippen LogP contribution >= 0.6 is 0 Å². The number of aryl methyl sites for hydroxylation is 2. The van der Waals surface area contributed by atoms with E-state index in [2.05, 4.69) is 6.08 Å². The standard InChI is InChI=1S/C20H28N2O5.C20H30N2O3/c1-13(2)26-18-12-16(14(3)11-17(18)22(24)25)15-7-9-21(10-8-15)19(23)27-20(4,5)6;1-13(2)24-18-12-16(14(3)11-17(18)21)15-7-9-22(10-8-15)19(23)25-20(4,5)6/h7,11-13H,8-10H2,1-6H3;7,11-13H,8-10,21H2,1-6H3. The number of anilines is 1. The van der Waals surface area contributed by atoms with E-state index in [0.717, 1.165) is 34.2 Å². The van der Waals surface area contributed by atoms with Crippen LogP contribution in [0.3, 0.4) is 0 Å². The van der Waals surface area contributed by atoms with Gasteiger partial charge < -0.3 is 34.5 Å². The predicted molar refractivity (Wildman–Crippen MR) is 206 cm³/mol. The van der Waals surface area contributed by atoms with Gasteiger partial charge in [-0.15, -0.1) is 0 Å². The lowest BCUT2D eigenvalue weighted by atomic mass is 9.94. The summed E-state index contributed by atoms with van der Waals surface area (Å²) in [4.78, 5) is 38.7. The molecule has 0 radical (unpaired) electrons. The molecule has 2 heterocycles. The van der Waals surface area contributed by atoms with Gasteiger partial charge in [-0.25, -0.2) is 9.59 Å². The van der Waals surface area contributed by atoms with Gasteiger partial charge in [0.25, 0.3) is 0 Å². The van der Waals surface area contributed by atoms with Gasteiger partial charge in [0.1, 0.15) is 17.0 Å². The minimum atomic E-state index is -0.529. The summed E-state index contributed by atoms with van der Waals surface area (Å²) in [6, 6.07) is 7.25. The molecule has 0 spiro atoms. The molecule has 0 saturated carbocycles. The van der Waals surface area contributed by atoms with Crippen LogP contribution in [0.15, 0.2) is 36.4 Å². The molecule has 0 bridgehead atoms. The van der Waals surface area contributed by atoms with E-state index in [1.807, 2.05) is 101 Å². The summed E-state index contributed by atoms with van der Waals surface area (Å²) in [6.45, 7) is 24.9. The van der Waals surface area contributed by atoms with Gasteiger partial charge in [0.15, 0.2) is 5.75 Å². The number of rotatable bonds is 7. The van der Waals surface area contributed by atoms with Crippen LogP contribution in [0.4, 0.5) is 21.0 Å². The molecule has 0 atom stereocenters. The van der Waals surface area contributed by atoms with Crippen LogP contribution in [0.5, 0.6) is 11.5 Å². The van der Waals surface area contributed by atoms with Crippen molar-refractivity contribution in [1.82, 2.24) is 9.80 Å². The summed E-state index contributed by atoms with van der Waals surface area (Å²) < 4.78 is 22.3. The molecule has 2 amide bonds. The van der Waals surface area contributed by atoms with E-state index < -0.39 is 16.1 Å². The van der Waals surface area contributed by atoms with Gasteiger partial charge in [-0.3, -0.25) is 10.1 Å². The van der Waals surface area contributed by atoms with Crippen molar-refractivity contribution in [2.75, 3.05) is 31.9 Å². The van der Waals surface area contributed by atoms with E-state index in [1.54, 1.807) is 21.9 Å². The van der Waals surface area contributed by atoms with Crippen molar-refractivity contribution in [3.8, 4) is 11.5 Å². The number of ether oxygens (including phenoxy) is 4. The molecule has 2 aromatic rings. The quantitative estimate of drug-likeness (QED) is 0.168. The average Bonchev–Trinajstić information content (AvgIpc) is 3.01. The molecule has 12 nitrogen and oxygen atoms in total. The first-order valence-corrected chi connectivity index (χ1v) is 17.9. The first-order valence-electron chi connectivity index (χ1n) is 17.9. The van der Waals surface area contributed by atoms with E-state index in [9.17, 15) is 19.7 Å². The van der Waals surface area contributed by atoms with Crippen molar-refractivity contribution >= 4 is 34.7 Å². The number of nitro groups is 1. The number of nitrogens with zero attached hydrogens (tertiary/aromatic N) is 3. The molecule has 2 N–H and O–H groups in total. The molecule has 4 rings (SSSR count). The van der Waals surface area contributed by atoms with Crippen LogP contribution in [-0.4, -0.2) is 76.5 Å². The average molecular weight is 723 g/mol. The zero-order valence-electron chi connectivity index (χ0n) is 33.0. The lowest BCUT2D eigenvalue weighted by molar-refractivity contribution is -0.386. The largest absolute Gasteiger partial charge is 0.489 e. The maximum absolute atomic E-state index is 12.2. The molecule has 2 aliphatic rings. The van der Waals surface area contributed by atoms with E-state index in [-0.39, 0.29) is 35.8 Å². The van der Waals surface area contributed by atoms with Crippen molar-refractivity contribution in [3.05, 3.63) is 68.8 Å². The number of hydrogen-bond acceptors (Lipinski definition) is 9. The minimum Gasteiger partial charge on any atom is -0.489 e. The minimum absolute atomic E-state index is 0.0308. The third kappa shape index (κ3) is 12.2. The second-order valence-corrected chi connectivity index (χ2v) is 15.7. The van der Waals surface area contributed by atoms with Crippen molar-refractivity contribution in [1.29, 1.82) is 0 Å². The fourth-order valence-corrected chi connectivity index (χ4v) is 5.73. The Hall–Kier alpha value is -4.74. The number of nitrogens with two attached hydrogens (primary N) is 1. The number of carbonyl (C=O) groups is 2. The van der Waals surface area contributed by atoms with Crippen LogP contribution in [0.25, 0.3) is 11.1 Å². The van der Waals surface area contributed by atoms with Gasteiger partial charge >= 0.3 is 17.9 Å². The Bertz CT molecular complexity index is 1680. The third-order valence-electron chi connectivity index (χ3n) is 8.00. The Morgan fingerprint density at radius 1 is 0.731 bits per heavy atom. The van der Waals surface area contributed by atoms with E-state index in [1.165, 1.54) is 5.57 Å². The summed E-state index contributed by atoms with van der Waals surface area (Å²) in [5.41, 5.74) is 11.9. The number of nitrogen functional groups attached to an aromatic ring is 1. The summed E-state index contributed by atoms with van der Waals surface area (Å²) in [6.07, 6.45) is 4.81. The molecule has 52 heavy (non-hydrogen) atoms. The molecule has 0 fully saturated rings. The predicted octanol–water partition coefficient (Wildman–Crippen LogP) is 9.10. The Balaban J connectivity index is 0.000000281. The van der Waals surface area contributed by atoms with Gasteiger partial charge in [0.2, 0.25) is 0 Å². The van der Waals surface area contributed by atoms with Crippen LogP contribution in [0, 0.1) is 24.0 Å². The molecule has 2 aromatic carbocycles. The van der Waals surface area contributed by atoms with Gasteiger partial charge in [-0.05, 0) is 148 Å². The highest BCUT2D eigenvalue weighted by molar-refractivity contribution is 5.77. The number of carbonyl (C=O) groups excluding carboxylic acids is 2. The van der Waals surface area contributed by atoms with Crippen molar-refractivity contribution < 1.29 is 33.5 Å². The normalized spacial score (nSPS) is 15.0. The number of benzene rings is 2. The van der Waals surface area contributed by atoms with E-state index in [0.29, 0.717) is 44.0 Å². The summed E-state index contributed by atoms with van der Waals surface area (Å²) in [5, 5.41) is 11.3. The lowest BCUT2D eigenvalue weighted by Gasteiger charge is -2.30. The molecule has 0 aromatic heterocycles. The monoisotopic (exact) mass is 722 g/mol. The van der Waals surface area contributed by atoms with Crippen LogP contribution in [-0.2, 0) is 9.47 Å². The smallest absolute Gasteiger partial charge is 0.410 e.